The molecule has 1 aliphatic carbocycles. The van der Waals surface area contributed by atoms with Crippen molar-refractivity contribution in [2.45, 2.75) is 113 Å². The van der Waals surface area contributed by atoms with Gasteiger partial charge in [-0.1, -0.05) is 112 Å². The molecule has 5 heterocycles. The first-order valence-electron chi connectivity index (χ1n) is 20.8. The van der Waals surface area contributed by atoms with E-state index in [-0.39, 0.29) is 59.7 Å². The average Bonchev–Trinajstić information content (AvgIpc) is 3.93. The summed E-state index contributed by atoms with van der Waals surface area (Å²) in [5.74, 6) is -2.10. The van der Waals surface area contributed by atoms with E-state index in [1.54, 1.807) is 0 Å². The Morgan fingerprint density at radius 3 is 2.34 bits per heavy atom. The Morgan fingerprint density at radius 2 is 1.66 bits per heavy atom. The molecule has 1 saturated heterocycles. The number of ether oxygens (including phenoxy) is 2. The van der Waals surface area contributed by atoms with Crippen molar-refractivity contribution in [2.75, 3.05) is 13.7 Å². The van der Waals surface area contributed by atoms with Crippen LogP contribution in [0.2, 0.25) is 0 Å². The zero-order chi connectivity index (χ0) is 41.1. The number of ketones is 1. The Bertz CT molecular complexity index is 2300. The van der Waals surface area contributed by atoms with Gasteiger partial charge in [0.25, 0.3) is 0 Å². The molecule has 58 heavy (non-hydrogen) atoms. The number of nitrogens with one attached hydrogen (secondary N) is 1. The van der Waals surface area contributed by atoms with Crippen molar-refractivity contribution >= 4 is 70.7 Å². The number of aromatic nitrogens is 3. The Balaban J connectivity index is 0.00000641. The third kappa shape index (κ3) is 8.83. The molecule has 10 heteroatoms. The summed E-state index contributed by atoms with van der Waals surface area (Å²) < 4.78 is 11.0. The molecule has 0 unspecified atom stereocenters. The minimum absolute atomic E-state index is 0. The Labute approximate surface area is 360 Å². The zero-order valence-corrected chi connectivity index (χ0v) is 37.5. The minimum Gasteiger partial charge on any atom is -0.657 e. The number of hydrogen-bond acceptors (Lipinski definition) is 6. The first-order valence-corrected chi connectivity index (χ1v) is 20.8. The van der Waals surface area contributed by atoms with Crippen LogP contribution in [0.3, 0.4) is 0 Å². The molecule has 6 rings (SSSR count). The van der Waals surface area contributed by atoms with Gasteiger partial charge in [-0.3, -0.25) is 14.4 Å². The second-order valence-corrected chi connectivity index (χ2v) is 16.3. The molecule has 8 bridgehead atoms. The first kappa shape index (κ1) is 44.8. The molecule has 3 aromatic rings. The van der Waals surface area contributed by atoms with Gasteiger partial charge in [0.1, 0.15) is 12.5 Å². The largest absolute Gasteiger partial charge is 2.00 e. The molecule has 304 valence electrons. The maximum absolute atomic E-state index is 14.3. The van der Waals surface area contributed by atoms with Gasteiger partial charge >= 0.3 is 35.0 Å². The summed E-state index contributed by atoms with van der Waals surface area (Å²) in [4.78, 5) is 56.4. The molecule has 1 N–H and O–H groups in total. The second kappa shape index (κ2) is 19.2. The average molecular weight is 796 g/mol. The predicted molar refractivity (Wildman–Crippen MR) is 232 cm³/mol. The van der Waals surface area contributed by atoms with E-state index < -0.39 is 11.9 Å². The van der Waals surface area contributed by atoms with Crippen LogP contribution in [0, 0.1) is 44.4 Å². The van der Waals surface area contributed by atoms with E-state index in [4.69, 9.17) is 24.4 Å². The second-order valence-electron chi connectivity index (χ2n) is 16.3. The van der Waals surface area contributed by atoms with E-state index in [2.05, 4.69) is 53.4 Å². The van der Waals surface area contributed by atoms with Crippen molar-refractivity contribution in [3.63, 3.8) is 0 Å². The van der Waals surface area contributed by atoms with Gasteiger partial charge in [-0.05, 0) is 76.5 Å². The molecule has 3 aromatic heterocycles. The molecule has 0 aromatic carbocycles. The molecule has 3 aliphatic rings. The Hall–Kier alpha value is -4.28. The normalized spacial score (nSPS) is 22.2. The van der Waals surface area contributed by atoms with Gasteiger partial charge in [0, 0.05) is 35.2 Å². The molecule has 0 radical (unpaired) electrons. The zero-order valence-electron chi connectivity index (χ0n) is 36.1. The van der Waals surface area contributed by atoms with Gasteiger partial charge in [0.05, 0.1) is 7.11 Å². The van der Waals surface area contributed by atoms with Gasteiger partial charge in [0.2, 0.25) is 0 Å². The van der Waals surface area contributed by atoms with Crippen LogP contribution in [0.15, 0.2) is 29.6 Å². The van der Waals surface area contributed by atoms with E-state index in [0.717, 1.165) is 75.2 Å². The van der Waals surface area contributed by atoms with Crippen molar-refractivity contribution in [3.05, 3.63) is 96.5 Å². The van der Waals surface area contributed by atoms with Crippen molar-refractivity contribution in [1.29, 1.82) is 0 Å². The van der Waals surface area contributed by atoms with Crippen molar-refractivity contribution in [1.82, 2.24) is 20.3 Å². The van der Waals surface area contributed by atoms with Crippen LogP contribution >= 0.6 is 0 Å². The smallest absolute Gasteiger partial charge is 0.657 e. The fourth-order valence-corrected chi connectivity index (χ4v) is 8.90. The maximum Gasteiger partial charge on any atom is 2.00 e. The van der Waals surface area contributed by atoms with Crippen molar-refractivity contribution in [2.24, 2.45) is 23.7 Å². The standard InChI is InChI=1S/C48H60N4O5.Mg/c1-11-14-16-26(4)17-15-18-27(5)21-22-57-41(53)20-19-34-30(8)37-23-35-28(6)32(12-2)39(49-35)24-36-29(7)33(13-3)40(50-36)25-38-31(9)42-46(52-38)43(45(34)51-37)44(47(42)54)48(55)56-10;/h12,21,23-26,30,34,44H,2,11,13-20,22H2,1,3-10H3,(H2,51,52,54);/q-2;+2/p-1/b27-21+,36-24-,37-23-,40-25-;/t26-,30+,34+,44-;/m1./s1. The molecule has 1 fully saturated rings. The summed E-state index contributed by atoms with van der Waals surface area (Å²) in [6, 6.07) is 0. The number of carbonyl (C=O) groups is 3. The number of Topliss-reactive ketones (excluding diaryl/α,β-unsaturated/α-hetero) is 1. The molecule has 0 saturated carbocycles. The van der Waals surface area contributed by atoms with Gasteiger partial charge in [-0.25, -0.2) is 0 Å². The molecular formula is C48H59MgN4O5-. The fraction of sp³-hybridized carbons (Fsp3) is 0.479. The SMILES string of the molecule is C=Cc1c2[n-]c(c1C)/C=C1\N/C(=C3\c4[n-]c(c(C)c4C(=O)[C@@H]3C(=O)OC)/C=c3\[n-]/c(c(C)c3CC)=C\2)[C@@H](CCC(=O)OC/C=C(\C)CCC[C@H](C)CCCC)[C@@H]1C.[Mg+2]. The predicted octanol–water partition coefficient (Wildman–Crippen LogP) is 7.14. The summed E-state index contributed by atoms with van der Waals surface area (Å²) in [5, 5.41) is 5.26. The number of fused-ring (bicyclic) bond motifs is 7. The van der Waals surface area contributed by atoms with Gasteiger partial charge in [-0.2, -0.15) is 0 Å². The monoisotopic (exact) mass is 795 g/mol. The Morgan fingerprint density at radius 1 is 0.948 bits per heavy atom. The third-order valence-corrected chi connectivity index (χ3v) is 12.5. The number of unbranched alkanes of at least 4 members (excludes halogenated alkanes) is 1. The van der Waals surface area contributed by atoms with E-state index >= 15 is 0 Å². The first-order chi connectivity index (χ1) is 27.3. The van der Waals surface area contributed by atoms with Crippen LogP contribution in [-0.4, -0.2) is 54.5 Å². The maximum atomic E-state index is 14.3. The van der Waals surface area contributed by atoms with E-state index in [9.17, 15) is 14.4 Å². The third-order valence-electron chi connectivity index (χ3n) is 12.5. The number of allylic oxidation sites excluding steroid dienone is 3. The summed E-state index contributed by atoms with van der Waals surface area (Å²) in [6.07, 6.45) is 18.3. The number of rotatable bonds is 15. The number of esters is 2. The van der Waals surface area contributed by atoms with Crippen molar-refractivity contribution < 1.29 is 23.9 Å². The van der Waals surface area contributed by atoms with Gasteiger partial charge in [0.15, 0.2) is 5.78 Å². The number of hydrogen-bond donors (Lipinski definition) is 1. The van der Waals surface area contributed by atoms with Crippen LogP contribution in [0.25, 0.3) is 29.9 Å². The molecule has 0 amide bonds. The van der Waals surface area contributed by atoms with Gasteiger partial charge in [-0.15, -0.1) is 33.5 Å². The molecule has 9 nitrogen and oxygen atoms in total. The molecular weight excluding hydrogens is 737 g/mol. The Kier molecular flexibility index (Phi) is 14.8. The number of methoxy groups -OCH3 is 1. The van der Waals surface area contributed by atoms with Gasteiger partial charge < -0.3 is 29.7 Å². The fourth-order valence-electron chi connectivity index (χ4n) is 8.90. The topological polar surface area (TPSA) is 124 Å². The van der Waals surface area contributed by atoms with Crippen LogP contribution in [0.1, 0.15) is 147 Å². The summed E-state index contributed by atoms with van der Waals surface area (Å²) in [7, 11) is 1.30. The summed E-state index contributed by atoms with van der Waals surface area (Å²) in [6.45, 7) is 21.2. The quantitative estimate of drug-likeness (QED) is 0.0740. The van der Waals surface area contributed by atoms with Crippen molar-refractivity contribution in [3.8, 4) is 0 Å². The van der Waals surface area contributed by atoms with E-state index in [1.807, 2.05) is 44.2 Å². The van der Waals surface area contributed by atoms with Crippen LogP contribution in [0.4, 0.5) is 0 Å². The molecule has 4 atom stereocenters. The van der Waals surface area contributed by atoms with Crippen LogP contribution in [0.5, 0.6) is 0 Å². The summed E-state index contributed by atoms with van der Waals surface area (Å²) in [5.41, 5.74) is 11.2. The number of carbonyl (C=O) groups excluding carboxylic acids is 3. The van der Waals surface area contributed by atoms with E-state index in [0.29, 0.717) is 40.2 Å². The molecule has 2 aliphatic heterocycles. The number of nitrogens with zero attached hydrogens (tertiary/aromatic N) is 3. The minimum atomic E-state index is -1.19. The van der Waals surface area contributed by atoms with E-state index in [1.165, 1.54) is 38.4 Å². The molecule has 0 spiro atoms. The summed E-state index contributed by atoms with van der Waals surface area (Å²) >= 11 is 0. The van der Waals surface area contributed by atoms with Crippen LogP contribution in [-0.2, 0) is 25.5 Å². The van der Waals surface area contributed by atoms with Crippen LogP contribution < -0.4 is 31.0 Å².